The largest absolute Gasteiger partial charge is 0.309 e. The number of imidazole rings is 1. The van der Waals surface area contributed by atoms with Gasteiger partial charge in [-0.25, -0.2) is 4.98 Å². The highest BCUT2D eigenvalue weighted by Gasteiger charge is 2.22. The van der Waals surface area contributed by atoms with Crippen molar-refractivity contribution in [3.8, 4) is 0 Å². The minimum atomic E-state index is 0.364. The second-order valence-electron chi connectivity index (χ2n) is 5.51. The molecule has 0 bridgehead atoms. The van der Waals surface area contributed by atoms with E-state index in [-0.39, 0.29) is 0 Å². The van der Waals surface area contributed by atoms with Crippen molar-refractivity contribution in [3.63, 3.8) is 0 Å². The summed E-state index contributed by atoms with van der Waals surface area (Å²) in [4.78, 5) is 4.72. The first-order valence-corrected chi connectivity index (χ1v) is 7.53. The van der Waals surface area contributed by atoms with Crippen LogP contribution in [0.4, 0.5) is 0 Å². The molecule has 2 heterocycles. The van der Waals surface area contributed by atoms with Crippen LogP contribution in [0.1, 0.15) is 51.7 Å². The highest BCUT2D eigenvalue weighted by atomic mass is 35.5. The molecule has 2 aromatic rings. The van der Waals surface area contributed by atoms with Gasteiger partial charge >= 0.3 is 0 Å². The van der Waals surface area contributed by atoms with E-state index in [9.17, 15) is 0 Å². The molecule has 0 aromatic carbocycles. The van der Waals surface area contributed by atoms with Crippen molar-refractivity contribution in [2.24, 2.45) is 13.0 Å². The first-order chi connectivity index (χ1) is 9.01. The number of nitrogens with zero attached hydrogens (tertiary/aromatic N) is 4. The van der Waals surface area contributed by atoms with Gasteiger partial charge in [0.2, 0.25) is 0 Å². The molecule has 106 valence electrons. The molecule has 0 aliphatic carbocycles. The molecule has 0 fully saturated rings. The maximum absolute atomic E-state index is 6.08. The minimum absolute atomic E-state index is 0.364. The van der Waals surface area contributed by atoms with Crippen LogP contribution in [0.3, 0.4) is 0 Å². The van der Waals surface area contributed by atoms with Gasteiger partial charge in [-0.15, -0.1) is 11.6 Å². The van der Waals surface area contributed by atoms with Crippen LogP contribution in [-0.4, -0.2) is 19.3 Å². The highest BCUT2D eigenvalue weighted by Crippen LogP contribution is 2.28. The molecule has 1 atom stereocenters. The fourth-order valence-electron chi connectivity index (χ4n) is 2.47. The third-order valence-corrected chi connectivity index (χ3v) is 4.03. The van der Waals surface area contributed by atoms with Crippen LogP contribution in [0.5, 0.6) is 0 Å². The van der Waals surface area contributed by atoms with E-state index in [0.717, 1.165) is 35.5 Å². The molecule has 0 spiro atoms. The number of rotatable bonds is 5. The lowest BCUT2D eigenvalue weighted by Gasteiger charge is -2.20. The molecule has 0 aliphatic heterocycles. The zero-order chi connectivity index (χ0) is 14.2. The van der Waals surface area contributed by atoms with Gasteiger partial charge in [0.25, 0.3) is 0 Å². The zero-order valence-corrected chi connectivity index (χ0v) is 13.2. The Morgan fingerprint density at radius 3 is 2.47 bits per heavy atom. The molecule has 0 N–H and O–H groups in total. The molecule has 0 aliphatic rings. The molecule has 0 saturated carbocycles. The van der Waals surface area contributed by atoms with Gasteiger partial charge in [-0.1, -0.05) is 27.2 Å². The molecule has 0 saturated heterocycles. The number of hydrogen-bond acceptors (Lipinski definition) is 2. The van der Waals surface area contributed by atoms with Crippen molar-refractivity contribution in [3.05, 3.63) is 11.5 Å². The van der Waals surface area contributed by atoms with Gasteiger partial charge in [0.15, 0.2) is 5.65 Å². The van der Waals surface area contributed by atoms with E-state index in [1.807, 2.05) is 11.7 Å². The monoisotopic (exact) mass is 282 g/mol. The summed E-state index contributed by atoms with van der Waals surface area (Å²) in [5.41, 5.74) is 3.20. The highest BCUT2D eigenvalue weighted by molar-refractivity contribution is 6.16. The minimum Gasteiger partial charge on any atom is -0.309 e. The van der Waals surface area contributed by atoms with Crippen molar-refractivity contribution in [2.75, 3.05) is 0 Å². The van der Waals surface area contributed by atoms with E-state index in [1.54, 1.807) is 0 Å². The molecule has 4 nitrogen and oxygen atoms in total. The second-order valence-corrected chi connectivity index (χ2v) is 5.78. The quantitative estimate of drug-likeness (QED) is 0.784. The van der Waals surface area contributed by atoms with Crippen molar-refractivity contribution < 1.29 is 0 Å². The zero-order valence-electron chi connectivity index (χ0n) is 12.4. The molecule has 2 aromatic heterocycles. The molecule has 5 heteroatoms. The Bertz CT molecular complexity index is 568. The fraction of sp³-hybridized carbons (Fsp3) is 0.714. The average Bonchev–Trinajstić information content (AvgIpc) is 2.88. The molecule has 0 radical (unpaired) electrons. The van der Waals surface area contributed by atoms with E-state index in [1.165, 1.54) is 0 Å². The SMILES string of the molecule is CCCc1nn(C)c2c1nc(CCl)n2C(C)C(C)C. The normalized spacial score (nSPS) is 13.6. The predicted octanol–water partition coefficient (Wildman–Crippen LogP) is 3.68. The van der Waals surface area contributed by atoms with Gasteiger partial charge in [-0.3, -0.25) is 4.68 Å². The van der Waals surface area contributed by atoms with Crippen LogP contribution in [0.2, 0.25) is 0 Å². The van der Waals surface area contributed by atoms with Crippen LogP contribution in [0, 0.1) is 5.92 Å². The van der Waals surface area contributed by atoms with E-state index in [4.69, 9.17) is 16.6 Å². The molecule has 2 rings (SSSR count). The maximum atomic E-state index is 6.08. The Morgan fingerprint density at radius 2 is 1.95 bits per heavy atom. The summed E-state index contributed by atoms with van der Waals surface area (Å²) in [5, 5.41) is 4.61. The number of alkyl halides is 1. The summed E-state index contributed by atoms with van der Waals surface area (Å²) in [6.07, 6.45) is 2.04. The van der Waals surface area contributed by atoms with Crippen molar-refractivity contribution in [1.82, 2.24) is 19.3 Å². The third kappa shape index (κ3) is 2.38. The average molecular weight is 283 g/mol. The smallest absolute Gasteiger partial charge is 0.158 e. The number of aryl methyl sites for hydroxylation is 2. The fourth-order valence-corrected chi connectivity index (χ4v) is 2.66. The standard InChI is InChI=1S/C14H23ClN4/c1-6-7-11-13-14(18(5)17-11)19(10(4)9(2)3)12(8-15)16-13/h9-10H,6-8H2,1-5H3. The topological polar surface area (TPSA) is 35.6 Å². The Hall–Kier alpha value is -1.03. The predicted molar refractivity (Wildman–Crippen MR) is 79.6 cm³/mol. The van der Waals surface area contributed by atoms with Gasteiger partial charge in [0.05, 0.1) is 11.6 Å². The van der Waals surface area contributed by atoms with Gasteiger partial charge in [-0.05, 0) is 19.3 Å². The van der Waals surface area contributed by atoms with Crippen molar-refractivity contribution in [2.45, 2.75) is 52.5 Å². The number of halogens is 1. The Balaban J connectivity index is 2.67. The van der Waals surface area contributed by atoms with Crippen LogP contribution < -0.4 is 0 Å². The second kappa shape index (κ2) is 5.53. The number of fused-ring (bicyclic) bond motifs is 1. The molecular formula is C14H23ClN4. The number of hydrogen-bond donors (Lipinski definition) is 0. The van der Waals surface area contributed by atoms with Gasteiger partial charge < -0.3 is 4.57 Å². The Morgan fingerprint density at radius 1 is 1.26 bits per heavy atom. The van der Waals surface area contributed by atoms with E-state index in [2.05, 4.69) is 37.4 Å². The molecular weight excluding hydrogens is 260 g/mol. The van der Waals surface area contributed by atoms with E-state index >= 15 is 0 Å². The summed E-state index contributed by atoms with van der Waals surface area (Å²) in [5.74, 6) is 1.92. The third-order valence-electron chi connectivity index (χ3n) is 3.79. The Labute approximate surface area is 119 Å². The number of aromatic nitrogens is 4. The molecule has 0 amide bonds. The summed E-state index contributed by atoms with van der Waals surface area (Å²) < 4.78 is 4.20. The summed E-state index contributed by atoms with van der Waals surface area (Å²) in [6, 6.07) is 0.364. The van der Waals surface area contributed by atoms with Crippen LogP contribution >= 0.6 is 11.6 Å². The van der Waals surface area contributed by atoms with E-state index < -0.39 is 0 Å². The summed E-state index contributed by atoms with van der Waals surface area (Å²) in [7, 11) is 1.99. The van der Waals surface area contributed by atoms with Gasteiger partial charge in [-0.2, -0.15) is 5.10 Å². The van der Waals surface area contributed by atoms with E-state index in [0.29, 0.717) is 17.8 Å². The lowest BCUT2D eigenvalue weighted by molar-refractivity contribution is 0.403. The lowest BCUT2D eigenvalue weighted by Crippen LogP contribution is -2.15. The van der Waals surface area contributed by atoms with Gasteiger partial charge in [0, 0.05) is 13.1 Å². The summed E-state index contributed by atoms with van der Waals surface area (Å²) in [6.45, 7) is 8.82. The van der Waals surface area contributed by atoms with Crippen LogP contribution in [0.15, 0.2) is 0 Å². The molecule has 1 unspecified atom stereocenters. The maximum Gasteiger partial charge on any atom is 0.158 e. The first-order valence-electron chi connectivity index (χ1n) is 6.99. The van der Waals surface area contributed by atoms with Crippen molar-refractivity contribution in [1.29, 1.82) is 0 Å². The summed E-state index contributed by atoms with van der Waals surface area (Å²) >= 11 is 6.08. The molecule has 19 heavy (non-hydrogen) atoms. The lowest BCUT2D eigenvalue weighted by atomic mass is 10.1. The van der Waals surface area contributed by atoms with Crippen LogP contribution in [0.25, 0.3) is 11.2 Å². The van der Waals surface area contributed by atoms with Crippen LogP contribution in [-0.2, 0) is 19.3 Å². The van der Waals surface area contributed by atoms with Crippen molar-refractivity contribution >= 4 is 22.8 Å². The first kappa shape index (κ1) is 14.4. The van der Waals surface area contributed by atoms with Gasteiger partial charge in [0.1, 0.15) is 11.3 Å². The Kier molecular flexibility index (Phi) is 4.19.